The van der Waals surface area contributed by atoms with Crippen LogP contribution in [-0.2, 0) is 4.79 Å². The third kappa shape index (κ3) is 3.93. The first-order valence-corrected chi connectivity index (χ1v) is 11.6. The monoisotopic (exact) mass is 439 g/mol. The van der Waals surface area contributed by atoms with E-state index in [2.05, 4.69) is 16.4 Å². The number of nitrogen functional groups attached to an aromatic ring is 1. The molecule has 1 aliphatic carbocycles. The number of nitrogens with two attached hydrogens (primary N) is 1. The van der Waals surface area contributed by atoms with Gasteiger partial charge < -0.3 is 11.2 Å². The van der Waals surface area contributed by atoms with Crippen LogP contribution in [0, 0.1) is 11.3 Å². The first-order valence-electron chi connectivity index (χ1n) is 9.73. The maximum absolute atomic E-state index is 12.9. The maximum atomic E-state index is 12.9. The number of hydrogen-bond donors (Lipinski definition) is 2. The lowest BCUT2D eigenvalue weighted by Crippen LogP contribution is -2.49. The van der Waals surface area contributed by atoms with Crippen molar-refractivity contribution < 1.29 is 4.79 Å². The highest BCUT2D eigenvalue weighted by atomic mass is 32.2. The van der Waals surface area contributed by atoms with E-state index in [1.807, 2.05) is 35.7 Å². The van der Waals surface area contributed by atoms with Gasteiger partial charge in [-0.1, -0.05) is 61.4 Å². The average molecular weight is 440 g/mol. The van der Waals surface area contributed by atoms with Crippen molar-refractivity contribution in [3.8, 4) is 17.2 Å². The van der Waals surface area contributed by atoms with E-state index in [9.17, 15) is 14.9 Å². The van der Waals surface area contributed by atoms with Crippen molar-refractivity contribution in [1.29, 1.82) is 5.26 Å². The van der Waals surface area contributed by atoms with Gasteiger partial charge in [0.15, 0.2) is 5.16 Å². The highest BCUT2D eigenvalue weighted by Gasteiger charge is 2.33. The molecule has 9 heteroatoms. The molecule has 1 aliphatic rings. The van der Waals surface area contributed by atoms with Gasteiger partial charge in [0, 0.05) is 10.9 Å². The van der Waals surface area contributed by atoms with Crippen LogP contribution in [0.2, 0.25) is 0 Å². The van der Waals surface area contributed by atoms with Crippen molar-refractivity contribution in [1.82, 2.24) is 15.0 Å². The molecule has 0 spiro atoms. The average Bonchev–Trinajstić information content (AvgIpc) is 3.20. The number of thioether (sulfide) groups is 1. The van der Waals surface area contributed by atoms with Crippen molar-refractivity contribution in [2.45, 2.75) is 42.8 Å². The van der Waals surface area contributed by atoms with Crippen LogP contribution in [0.15, 0.2) is 45.7 Å². The minimum Gasteiger partial charge on any atom is -0.337 e. The third-order valence-corrected chi connectivity index (χ3v) is 7.15. The molecule has 3 N–H and O–H groups in total. The van der Waals surface area contributed by atoms with Crippen LogP contribution in [0.3, 0.4) is 0 Å². The molecule has 0 radical (unpaired) electrons. The van der Waals surface area contributed by atoms with Crippen molar-refractivity contribution in [3.63, 3.8) is 0 Å². The van der Waals surface area contributed by atoms with Gasteiger partial charge in [-0.25, -0.2) is 9.66 Å². The summed E-state index contributed by atoms with van der Waals surface area (Å²) in [5.41, 5.74) is 0.601. The van der Waals surface area contributed by atoms with Gasteiger partial charge in [-0.15, -0.1) is 11.3 Å². The SMILES string of the molecule is N#CC1(NC(=O)CSc2nc3scc(-c4ccccc4)c3c(=O)n2N)CCCCC1. The molecule has 7 nitrogen and oxygen atoms in total. The van der Waals surface area contributed by atoms with Crippen molar-refractivity contribution >= 4 is 39.2 Å². The van der Waals surface area contributed by atoms with Gasteiger partial charge in [-0.3, -0.25) is 9.59 Å². The minimum absolute atomic E-state index is 0.0372. The van der Waals surface area contributed by atoms with E-state index in [0.717, 1.165) is 46.8 Å². The molecule has 0 atom stereocenters. The standard InChI is InChI=1S/C21H21N5O2S2/c22-13-21(9-5-2-6-10-21)25-16(27)12-30-20-24-18-17(19(28)26(20)23)15(11-29-18)14-7-3-1-4-8-14/h1,3-4,7-8,11H,2,5-6,9-10,12,23H2,(H,25,27). The molecule has 0 bridgehead atoms. The molecule has 3 aromatic rings. The Bertz CT molecular complexity index is 1170. The fraction of sp³-hybridized carbons (Fsp3) is 0.333. The van der Waals surface area contributed by atoms with Crippen molar-refractivity contribution in [2.75, 3.05) is 11.6 Å². The van der Waals surface area contributed by atoms with Crippen molar-refractivity contribution in [3.05, 3.63) is 46.1 Å². The Hall–Kier alpha value is -2.83. The predicted octanol–water partition coefficient (Wildman–Crippen LogP) is 3.27. The molecule has 0 unspecified atom stereocenters. The number of carbonyl (C=O) groups is 1. The van der Waals surface area contributed by atoms with Crippen LogP contribution in [-0.4, -0.2) is 26.9 Å². The lowest BCUT2D eigenvalue weighted by Gasteiger charge is -2.31. The number of nitriles is 1. The van der Waals surface area contributed by atoms with Crippen LogP contribution in [0.25, 0.3) is 21.3 Å². The number of benzene rings is 1. The lowest BCUT2D eigenvalue weighted by molar-refractivity contribution is -0.120. The number of nitrogens with one attached hydrogen (secondary N) is 1. The molecular weight excluding hydrogens is 418 g/mol. The van der Waals surface area contributed by atoms with Crippen LogP contribution >= 0.6 is 23.1 Å². The predicted molar refractivity (Wildman–Crippen MR) is 120 cm³/mol. The molecule has 1 amide bonds. The van der Waals surface area contributed by atoms with Gasteiger partial charge in [0.1, 0.15) is 10.4 Å². The molecule has 1 aromatic carbocycles. The minimum atomic E-state index is -0.784. The Morgan fingerprint density at radius 3 is 2.73 bits per heavy atom. The smallest absolute Gasteiger partial charge is 0.282 e. The Morgan fingerprint density at radius 2 is 2.03 bits per heavy atom. The number of hydrogen-bond acceptors (Lipinski definition) is 7. The number of fused-ring (bicyclic) bond motifs is 1. The third-order valence-electron chi connectivity index (χ3n) is 5.32. The van der Waals surface area contributed by atoms with E-state index >= 15 is 0 Å². The van der Waals surface area contributed by atoms with Crippen LogP contribution < -0.4 is 16.7 Å². The normalized spacial score (nSPS) is 15.6. The Kier molecular flexibility index (Phi) is 5.79. The second-order valence-electron chi connectivity index (χ2n) is 7.36. The van der Waals surface area contributed by atoms with Crippen LogP contribution in [0.5, 0.6) is 0 Å². The first kappa shape index (κ1) is 20.4. The number of nitrogens with zero attached hydrogens (tertiary/aromatic N) is 3. The first-order chi connectivity index (χ1) is 14.5. The molecular formula is C21H21N5O2S2. The molecule has 0 saturated heterocycles. The number of amides is 1. The second kappa shape index (κ2) is 8.50. The lowest BCUT2D eigenvalue weighted by atomic mass is 9.83. The molecule has 1 saturated carbocycles. The zero-order valence-corrected chi connectivity index (χ0v) is 17.9. The van der Waals surface area contributed by atoms with Gasteiger partial charge in [0.2, 0.25) is 5.91 Å². The highest BCUT2D eigenvalue weighted by molar-refractivity contribution is 7.99. The molecule has 4 rings (SSSR count). The summed E-state index contributed by atoms with van der Waals surface area (Å²) in [5.74, 6) is 5.80. The van der Waals surface area contributed by atoms with Gasteiger partial charge >= 0.3 is 0 Å². The van der Waals surface area contributed by atoms with E-state index in [1.165, 1.54) is 11.3 Å². The number of carbonyl (C=O) groups excluding carboxylic acids is 1. The number of thiophene rings is 1. The largest absolute Gasteiger partial charge is 0.337 e. The molecule has 2 aromatic heterocycles. The number of aromatic nitrogens is 2. The van der Waals surface area contributed by atoms with E-state index < -0.39 is 5.54 Å². The summed E-state index contributed by atoms with van der Waals surface area (Å²) in [7, 11) is 0. The van der Waals surface area contributed by atoms with Gasteiger partial charge in [0.05, 0.1) is 17.2 Å². The van der Waals surface area contributed by atoms with E-state index in [0.29, 0.717) is 23.1 Å². The Balaban J connectivity index is 1.54. The molecule has 154 valence electrons. The molecule has 30 heavy (non-hydrogen) atoms. The van der Waals surface area contributed by atoms with Gasteiger partial charge in [-0.2, -0.15) is 5.26 Å². The van der Waals surface area contributed by atoms with E-state index in [1.54, 1.807) is 0 Å². The van der Waals surface area contributed by atoms with Crippen LogP contribution in [0.4, 0.5) is 0 Å². The highest BCUT2D eigenvalue weighted by Crippen LogP contribution is 2.32. The molecule has 1 fully saturated rings. The zero-order chi connectivity index (χ0) is 21.1. The fourth-order valence-corrected chi connectivity index (χ4v) is 5.48. The topological polar surface area (TPSA) is 114 Å². The Labute approximate surface area is 181 Å². The summed E-state index contributed by atoms with van der Waals surface area (Å²) in [6.07, 6.45) is 4.29. The summed E-state index contributed by atoms with van der Waals surface area (Å²) in [4.78, 5) is 30.5. The quantitative estimate of drug-likeness (QED) is 0.358. The van der Waals surface area contributed by atoms with Gasteiger partial charge in [0.25, 0.3) is 5.56 Å². The summed E-state index contributed by atoms with van der Waals surface area (Å²) in [6, 6.07) is 11.9. The molecule has 0 aliphatic heterocycles. The van der Waals surface area contributed by atoms with E-state index in [4.69, 9.17) is 5.84 Å². The van der Waals surface area contributed by atoms with Crippen molar-refractivity contribution in [2.24, 2.45) is 0 Å². The summed E-state index contributed by atoms with van der Waals surface area (Å²) in [5, 5.41) is 15.1. The Morgan fingerprint density at radius 1 is 1.30 bits per heavy atom. The summed E-state index contributed by atoms with van der Waals surface area (Å²) < 4.78 is 1.00. The zero-order valence-electron chi connectivity index (χ0n) is 16.3. The molecule has 2 heterocycles. The van der Waals surface area contributed by atoms with Crippen LogP contribution in [0.1, 0.15) is 32.1 Å². The van der Waals surface area contributed by atoms with E-state index in [-0.39, 0.29) is 22.4 Å². The second-order valence-corrected chi connectivity index (χ2v) is 9.16. The maximum Gasteiger partial charge on any atom is 0.282 e. The number of rotatable bonds is 5. The summed E-state index contributed by atoms with van der Waals surface area (Å²) >= 11 is 2.47. The summed E-state index contributed by atoms with van der Waals surface area (Å²) in [6.45, 7) is 0. The fourth-order valence-electron chi connectivity index (χ4n) is 3.77. The van der Waals surface area contributed by atoms with Gasteiger partial charge in [-0.05, 0) is 18.4 Å².